The smallest absolute Gasteiger partial charge is 0.277 e. The topological polar surface area (TPSA) is 55.7 Å². The molecule has 0 atom stereocenters. The van der Waals surface area contributed by atoms with Gasteiger partial charge in [-0.1, -0.05) is 0 Å². The van der Waals surface area contributed by atoms with Crippen LogP contribution in [0.1, 0.15) is 24.2 Å². The van der Waals surface area contributed by atoms with Gasteiger partial charge >= 0.3 is 0 Å². The number of ketones is 1. The molecule has 1 aliphatic carbocycles. The maximum atomic E-state index is 12.1. The third-order valence-electron chi connectivity index (χ3n) is 3.01. The lowest BCUT2D eigenvalue weighted by Gasteiger charge is -2.11. The predicted octanol–water partition coefficient (Wildman–Crippen LogP) is 2.75. The summed E-state index contributed by atoms with van der Waals surface area (Å²) in [5.41, 5.74) is 2.45. The van der Waals surface area contributed by atoms with Gasteiger partial charge in [-0.05, 0) is 61.4 Å². The number of hydrogen-bond acceptors (Lipinski definition) is 3. The highest BCUT2D eigenvalue weighted by Crippen LogP contribution is 2.16. The zero-order chi connectivity index (χ0) is 14.7. The van der Waals surface area contributed by atoms with E-state index in [1.54, 1.807) is 45.2 Å². The number of carbonyl (C=O) groups is 2. The Morgan fingerprint density at radius 3 is 2.10 bits per heavy atom. The first-order valence-corrected chi connectivity index (χ1v) is 6.19. The van der Waals surface area contributed by atoms with Gasteiger partial charge in [-0.2, -0.15) is 0 Å². The van der Waals surface area contributed by atoms with Crippen molar-refractivity contribution < 1.29 is 14.3 Å². The number of amides is 1. The molecule has 4 nitrogen and oxygen atoms in total. The van der Waals surface area contributed by atoms with Crippen LogP contribution in [0.3, 0.4) is 0 Å². The molecule has 0 aliphatic heterocycles. The normalized spacial score (nSPS) is 14.6. The van der Waals surface area contributed by atoms with E-state index in [0.29, 0.717) is 28.2 Å². The molecule has 0 aromatic heterocycles. The summed E-state index contributed by atoms with van der Waals surface area (Å²) in [5.74, 6) is 0.276. The first kappa shape index (κ1) is 13.9. The van der Waals surface area contributed by atoms with E-state index in [4.69, 9.17) is 4.74 Å². The SMILES string of the molecule is COc1ccc(C(=O)N=C2C(C)=CC(=O)C=C2C)cc1. The van der Waals surface area contributed by atoms with E-state index in [-0.39, 0.29) is 11.7 Å². The Labute approximate surface area is 117 Å². The highest BCUT2D eigenvalue weighted by molar-refractivity contribution is 6.25. The summed E-state index contributed by atoms with van der Waals surface area (Å²) in [6.07, 6.45) is 2.96. The second kappa shape index (κ2) is 5.65. The number of nitrogens with zero attached hydrogens (tertiary/aromatic N) is 1. The minimum atomic E-state index is -0.336. The van der Waals surface area contributed by atoms with Crippen LogP contribution in [0.5, 0.6) is 5.75 Å². The van der Waals surface area contributed by atoms with Crippen LogP contribution in [0.25, 0.3) is 0 Å². The van der Waals surface area contributed by atoms with Gasteiger partial charge in [0, 0.05) is 5.56 Å². The second-order valence-electron chi connectivity index (χ2n) is 4.55. The average molecular weight is 269 g/mol. The molecule has 0 radical (unpaired) electrons. The van der Waals surface area contributed by atoms with Gasteiger partial charge in [0.15, 0.2) is 5.78 Å². The van der Waals surface area contributed by atoms with Crippen LogP contribution < -0.4 is 4.74 Å². The Bertz CT molecular complexity index is 625. The lowest BCUT2D eigenvalue weighted by Crippen LogP contribution is -2.13. The van der Waals surface area contributed by atoms with Crippen molar-refractivity contribution in [3.05, 3.63) is 53.1 Å². The van der Waals surface area contributed by atoms with Crippen molar-refractivity contribution in [1.82, 2.24) is 0 Å². The molecule has 0 heterocycles. The van der Waals surface area contributed by atoms with Crippen LogP contribution >= 0.6 is 0 Å². The molecule has 0 saturated heterocycles. The number of rotatable bonds is 2. The maximum Gasteiger partial charge on any atom is 0.277 e. The zero-order valence-corrected chi connectivity index (χ0v) is 11.6. The molecule has 20 heavy (non-hydrogen) atoms. The Hall–Kier alpha value is -2.49. The number of carbonyl (C=O) groups excluding carboxylic acids is 2. The summed E-state index contributed by atoms with van der Waals surface area (Å²) in [6, 6.07) is 6.75. The van der Waals surface area contributed by atoms with Crippen molar-refractivity contribution in [2.75, 3.05) is 7.11 Å². The quantitative estimate of drug-likeness (QED) is 0.776. The highest BCUT2D eigenvalue weighted by Gasteiger charge is 2.15. The lowest BCUT2D eigenvalue weighted by atomic mass is 9.97. The predicted molar refractivity (Wildman–Crippen MR) is 77.3 cm³/mol. The number of hydrogen-bond donors (Lipinski definition) is 0. The van der Waals surface area contributed by atoms with E-state index in [1.165, 1.54) is 12.2 Å². The number of ether oxygens (including phenoxy) is 1. The van der Waals surface area contributed by atoms with E-state index >= 15 is 0 Å². The fraction of sp³-hybridized carbons (Fsp3) is 0.188. The largest absolute Gasteiger partial charge is 0.497 e. The molecule has 1 aromatic rings. The molecule has 0 spiro atoms. The van der Waals surface area contributed by atoms with Crippen LogP contribution in [0.2, 0.25) is 0 Å². The van der Waals surface area contributed by atoms with Crippen LogP contribution in [-0.4, -0.2) is 24.5 Å². The molecule has 1 aliphatic rings. The molecule has 1 amide bonds. The standard InChI is InChI=1S/C16H15NO3/c1-10-8-13(18)9-11(2)15(10)17-16(19)12-4-6-14(20-3)7-5-12/h4-9H,1-3H3. The van der Waals surface area contributed by atoms with Crippen LogP contribution in [0.4, 0.5) is 0 Å². The average Bonchev–Trinajstić information content (AvgIpc) is 2.42. The lowest BCUT2D eigenvalue weighted by molar-refractivity contribution is -0.110. The summed E-state index contributed by atoms with van der Waals surface area (Å²) >= 11 is 0. The molecular weight excluding hydrogens is 254 g/mol. The molecule has 102 valence electrons. The minimum absolute atomic E-state index is 0.0733. The van der Waals surface area contributed by atoms with Crippen LogP contribution in [0, 0.1) is 0 Å². The summed E-state index contributed by atoms with van der Waals surface area (Å²) in [7, 11) is 1.57. The van der Waals surface area contributed by atoms with Gasteiger partial charge < -0.3 is 4.74 Å². The zero-order valence-electron chi connectivity index (χ0n) is 11.6. The van der Waals surface area contributed by atoms with Gasteiger partial charge in [-0.15, -0.1) is 0 Å². The molecule has 4 heteroatoms. The Morgan fingerprint density at radius 1 is 1.05 bits per heavy atom. The van der Waals surface area contributed by atoms with Crippen molar-refractivity contribution in [2.24, 2.45) is 4.99 Å². The summed E-state index contributed by atoms with van der Waals surface area (Å²) in [6.45, 7) is 3.54. The van der Waals surface area contributed by atoms with Gasteiger partial charge in [0.25, 0.3) is 5.91 Å². The highest BCUT2D eigenvalue weighted by atomic mass is 16.5. The maximum absolute atomic E-state index is 12.1. The third-order valence-corrected chi connectivity index (χ3v) is 3.01. The number of benzene rings is 1. The van der Waals surface area contributed by atoms with Crippen molar-refractivity contribution in [2.45, 2.75) is 13.8 Å². The van der Waals surface area contributed by atoms with E-state index in [0.717, 1.165) is 0 Å². The first-order valence-electron chi connectivity index (χ1n) is 6.19. The van der Waals surface area contributed by atoms with E-state index in [9.17, 15) is 9.59 Å². The van der Waals surface area contributed by atoms with E-state index in [1.807, 2.05) is 0 Å². The monoisotopic (exact) mass is 269 g/mol. The van der Waals surface area contributed by atoms with Crippen molar-refractivity contribution in [1.29, 1.82) is 0 Å². The van der Waals surface area contributed by atoms with Crippen molar-refractivity contribution in [3.63, 3.8) is 0 Å². The summed E-state index contributed by atoms with van der Waals surface area (Å²) < 4.78 is 5.04. The van der Waals surface area contributed by atoms with E-state index in [2.05, 4.69) is 4.99 Å². The Morgan fingerprint density at radius 2 is 1.60 bits per heavy atom. The van der Waals surface area contributed by atoms with E-state index < -0.39 is 0 Å². The number of aliphatic imine (C=N–C) groups is 1. The van der Waals surface area contributed by atoms with Crippen molar-refractivity contribution >= 4 is 17.4 Å². The third kappa shape index (κ3) is 2.91. The molecular formula is C16H15NO3. The molecule has 2 rings (SSSR count). The first-order chi connectivity index (χ1) is 9.51. The van der Waals surface area contributed by atoms with Gasteiger partial charge in [-0.25, -0.2) is 4.99 Å². The van der Waals surface area contributed by atoms with Gasteiger partial charge in [-0.3, -0.25) is 9.59 Å². The minimum Gasteiger partial charge on any atom is -0.497 e. The van der Waals surface area contributed by atoms with Crippen LogP contribution in [0.15, 0.2) is 52.6 Å². The second-order valence-corrected chi connectivity index (χ2v) is 4.55. The van der Waals surface area contributed by atoms with Crippen LogP contribution in [-0.2, 0) is 4.79 Å². The molecule has 0 fully saturated rings. The molecule has 1 aromatic carbocycles. The molecule has 0 N–H and O–H groups in total. The van der Waals surface area contributed by atoms with Gasteiger partial charge in [0.1, 0.15) is 5.75 Å². The van der Waals surface area contributed by atoms with Gasteiger partial charge in [0.2, 0.25) is 0 Å². The van der Waals surface area contributed by atoms with Gasteiger partial charge in [0.05, 0.1) is 12.8 Å². The fourth-order valence-corrected chi connectivity index (χ4v) is 1.99. The fourth-order valence-electron chi connectivity index (χ4n) is 1.99. The number of allylic oxidation sites excluding steroid dienone is 4. The Kier molecular flexibility index (Phi) is 3.94. The Balaban J connectivity index is 2.29. The molecule has 0 saturated carbocycles. The number of methoxy groups -OCH3 is 1. The summed E-state index contributed by atoms with van der Waals surface area (Å²) in [5, 5.41) is 0. The molecule has 0 unspecified atom stereocenters. The van der Waals surface area contributed by atoms with Crippen molar-refractivity contribution in [3.8, 4) is 5.75 Å². The summed E-state index contributed by atoms with van der Waals surface area (Å²) in [4.78, 5) is 27.6. The molecule has 0 bridgehead atoms.